The normalized spacial score (nSPS) is 31.8. The number of unbranched alkanes of at least 4 members (excludes halogenated alkanes) is 1. The highest BCUT2D eigenvalue weighted by Gasteiger charge is 2.44. The van der Waals surface area contributed by atoms with Crippen LogP contribution >= 0.6 is 0 Å². The van der Waals surface area contributed by atoms with E-state index in [2.05, 4.69) is 24.3 Å². The number of hydrogen-bond acceptors (Lipinski definition) is 4. The van der Waals surface area contributed by atoms with E-state index >= 15 is 0 Å². The quantitative estimate of drug-likeness (QED) is 0.539. The number of hydrogen-bond donors (Lipinski definition) is 0. The molecule has 3 aliphatic rings. The fourth-order valence-corrected chi connectivity index (χ4v) is 3.51. The van der Waals surface area contributed by atoms with Crippen molar-refractivity contribution in [2.45, 2.75) is 38.5 Å². The van der Waals surface area contributed by atoms with Crippen molar-refractivity contribution in [3.8, 4) is 0 Å². The molecule has 0 spiro atoms. The van der Waals surface area contributed by atoms with E-state index in [1.54, 1.807) is 0 Å². The van der Waals surface area contributed by atoms with Gasteiger partial charge in [-0.3, -0.25) is 0 Å². The summed E-state index contributed by atoms with van der Waals surface area (Å²) in [5.41, 5.74) is 0. The van der Waals surface area contributed by atoms with Crippen molar-refractivity contribution >= 4 is 11.9 Å². The van der Waals surface area contributed by atoms with Gasteiger partial charge in [-0.1, -0.05) is 24.3 Å². The number of aliphatic carboxylic acids is 2. The van der Waals surface area contributed by atoms with Gasteiger partial charge in [-0.05, 0) is 62.2 Å². The highest BCUT2D eigenvalue weighted by atomic mass is 16.4. The zero-order valence-electron chi connectivity index (χ0n) is 11.5. The lowest BCUT2D eigenvalue weighted by molar-refractivity contribution is -0.308. The molecule has 20 heavy (non-hydrogen) atoms. The van der Waals surface area contributed by atoms with Gasteiger partial charge in [0.15, 0.2) is 0 Å². The van der Waals surface area contributed by atoms with E-state index < -0.39 is 11.9 Å². The van der Waals surface area contributed by atoms with Gasteiger partial charge in [0.25, 0.3) is 0 Å². The minimum atomic E-state index is -1.14. The fraction of sp³-hybridized carbons (Fsp3) is 0.625. The van der Waals surface area contributed by atoms with Gasteiger partial charge >= 0.3 is 0 Å². The number of carboxylic acids is 2. The van der Waals surface area contributed by atoms with Crippen molar-refractivity contribution in [2.24, 2.45) is 23.7 Å². The number of carbonyl (C=O) groups excluding carboxylic acids is 2. The predicted molar refractivity (Wildman–Crippen MR) is 70.0 cm³/mol. The highest BCUT2D eigenvalue weighted by Crippen LogP contribution is 2.52. The number of fused-ring (bicyclic) bond motifs is 5. The maximum atomic E-state index is 9.77. The maximum absolute atomic E-state index is 9.77. The number of rotatable bonds is 5. The summed E-state index contributed by atoms with van der Waals surface area (Å²) in [6.07, 6.45) is 13.0. The van der Waals surface area contributed by atoms with Crippen LogP contribution in [0.25, 0.3) is 0 Å². The van der Waals surface area contributed by atoms with Crippen LogP contribution in [0.1, 0.15) is 38.5 Å². The Morgan fingerprint density at radius 1 is 0.950 bits per heavy atom. The average Bonchev–Trinajstić information content (AvgIpc) is 3.06. The van der Waals surface area contributed by atoms with E-state index in [1.807, 2.05) is 0 Å². The van der Waals surface area contributed by atoms with Gasteiger partial charge in [0, 0.05) is 11.9 Å². The second-order valence-electron chi connectivity index (χ2n) is 5.80. The van der Waals surface area contributed by atoms with Crippen molar-refractivity contribution in [1.29, 1.82) is 0 Å². The summed E-state index contributed by atoms with van der Waals surface area (Å²) < 4.78 is 0. The van der Waals surface area contributed by atoms with Crippen LogP contribution in [0.15, 0.2) is 24.3 Å². The van der Waals surface area contributed by atoms with Crippen LogP contribution in [-0.4, -0.2) is 11.9 Å². The maximum Gasteiger partial charge on any atom is 0.0414 e. The van der Waals surface area contributed by atoms with Gasteiger partial charge in [-0.25, -0.2) is 0 Å². The monoisotopic (exact) mass is 276 g/mol. The Hall–Kier alpha value is -1.58. The van der Waals surface area contributed by atoms with Gasteiger partial charge in [0.05, 0.1) is 0 Å². The molecule has 4 nitrogen and oxygen atoms in total. The molecule has 1 fully saturated rings. The predicted octanol–water partition coefficient (Wildman–Crippen LogP) is 0.431. The molecular weight excluding hydrogens is 256 g/mol. The summed E-state index contributed by atoms with van der Waals surface area (Å²) in [6, 6.07) is 0. The minimum Gasteiger partial charge on any atom is -0.550 e. The molecular formula is C16H20O4-2. The summed E-state index contributed by atoms with van der Waals surface area (Å²) in [4.78, 5) is 19.5. The Labute approximate surface area is 119 Å². The van der Waals surface area contributed by atoms with Crippen LogP contribution in [0.4, 0.5) is 0 Å². The van der Waals surface area contributed by atoms with Crippen LogP contribution in [0.2, 0.25) is 0 Å². The molecule has 1 saturated carbocycles. The van der Waals surface area contributed by atoms with Gasteiger partial charge in [-0.2, -0.15) is 0 Å². The Kier molecular flexibility index (Phi) is 4.99. The third-order valence-corrected chi connectivity index (χ3v) is 4.47. The molecule has 0 aliphatic heterocycles. The van der Waals surface area contributed by atoms with Crippen molar-refractivity contribution in [3.63, 3.8) is 0 Å². The molecule has 0 saturated heterocycles. The van der Waals surface area contributed by atoms with Crippen molar-refractivity contribution in [2.75, 3.05) is 0 Å². The van der Waals surface area contributed by atoms with Gasteiger partial charge in [0.2, 0.25) is 0 Å². The second-order valence-corrected chi connectivity index (χ2v) is 5.80. The van der Waals surface area contributed by atoms with E-state index in [0.717, 1.165) is 23.7 Å². The molecule has 4 unspecified atom stereocenters. The minimum absolute atomic E-state index is 0.0761. The molecule has 3 rings (SSSR count). The molecule has 110 valence electrons. The Morgan fingerprint density at radius 3 is 2.10 bits per heavy atom. The Balaban J connectivity index is 0.000000147. The van der Waals surface area contributed by atoms with E-state index in [4.69, 9.17) is 0 Å². The summed E-state index contributed by atoms with van der Waals surface area (Å²) in [5, 5.41) is 19.5. The molecule has 3 aliphatic carbocycles. The lowest BCUT2D eigenvalue weighted by Crippen LogP contribution is -2.23. The first-order chi connectivity index (χ1) is 9.58. The fourth-order valence-electron chi connectivity index (χ4n) is 3.51. The van der Waals surface area contributed by atoms with Crippen molar-refractivity contribution < 1.29 is 19.8 Å². The van der Waals surface area contributed by atoms with Crippen LogP contribution in [-0.2, 0) is 9.59 Å². The van der Waals surface area contributed by atoms with E-state index in [9.17, 15) is 19.8 Å². The standard InChI is InChI=1S/C10H12.C6H10O4/c1-2-9-7-4-5-8(6-7)10(9)3-1;7-5(8)3-1-2-4-6(9)10/h1-2,4-5,7-10H,3,6H2;1-4H2,(H,7,8)(H,9,10)/p-2. The largest absolute Gasteiger partial charge is 0.550 e. The molecule has 0 radical (unpaired) electrons. The SMILES string of the molecule is C1=CC2C3C=CC(C3)C2C1.O=C([O-])CCCCC(=O)[O-]. The van der Waals surface area contributed by atoms with Gasteiger partial charge < -0.3 is 19.8 Å². The summed E-state index contributed by atoms with van der Waals surface area (Å²) in [7, 11) is 0. The molecule has 0 N–H and O–H groups in total. The summed E-state index contributed by atoms with van der Waals surface area (Å²) in [5.74, 6) is 1.54. The first kappa shape index (κ1) is 14.8. The molecule has 4 atom stereocenters. The second kappa shape index (κ2) is 6.73. The van der Waals surface area contributed by atoms with Crippen molar-refractivity contribution in [1.82, 2.24) is 0 Å². The molecule has 0 aromatic carbocycles. The molecule has 0 amide bonds. The van der Waals surface area contributed by atoms with E-state index in [0.29, 0.717) is 12.8 Å². The van der Waals surface area contributed by atoms with Crippen LogP contribution in [0.3, 0.4) is 0 Å². The number of allylic oxidation sites excluding steroid dienone is 4. The third kappa shape index (κ3) is 3.71. The van der Waals surface area contributed by atoms with Gasteiger partial charge in [-0.15, -0.1) is 0 Å². The Bertz CT molecular complexity index is 408. The lowest BCUT2D eigenvalue weighted by Gasteiger charge is -2.18. The topological polar surface area (TPSA) is 80.3 Å². The van der Waals surface area contributed by atoms with Crippen LogP contribution in [0, 0.1) is 23.7 Å². The number of carbonyl (C=O) groups is 2. The molecule has 2 bridgehead atoms. The molecule has 0 aromatic rings. The number of carboxylic acid groups (broad SMARTS) is 2. The van der Waals surface area contributed by atoms with Crippen molar-refractivity contribution in [3.05, 3.63) is 24.3 Å². The molecule has 4 heteroatoms. The Morgan fingerprint density at radius 2 is 1.55 bits per heavy atom. The van der Waals surface area contributed by atoms with E-state index in [1.165, 1.54) is 12.8 Å². The first-order valence-electron chi connectivity index (χ1n) is 7.32. The van der Waals surface area contributed by atoms with Crippen LogP contribution < -0.4 is 10.2 Å². The summed E-state index contributed by atoms with van der Waals surface area (Å²) >= 11 is 0. The van der Waals surface area contributed by atoms with Gasteiger partial charge in [0.1, 0.15) is 0 Å². The average molecular weight is 276 g/mol. The van der Waals surface area contributed by atoms with Crippen LogP contribution in [0.5, 0.6) is 0 Å². The zero-order valence-corrected chi connectivity index (χ0v) is 11.5. The zero-order chi connectivity index (χ0) is 14.5. The van der Waals surface area contributed by atoms with E-state index in [-0.39, 0.29) is 12.8 Å². The first-order valence-corrected chi connectivity index (χ1v) is 7.32. The summed E-state index contributed by atoms with van der Waals surface area (Å²) in [6.45, 7) is 0. The smallest absolute Gasteiger partial charge is 0.0414 e. The molecule has 0 aromatic heterocycles. The lowest BCUT2D eigenvalue weighted by atomic mass is 9.86. The molecule has 0 heterocycles. The highest BCUT2D eigenvalue weighted by molar-refractivity contribution is 5.65. The third-order valence-electron chi connectivity index (χ3n) is 4.47.